The molecular weight excluding hydrogens is 400 g/mol. The average molecular weight is 405 g/mol. The van der Waals surface area contributed by atoms with Crippen LogP contribution >= 0.6 is 46.4 Å². The second kappa shape index (κ2) is 6.26. The molecule has 1 N–H and O–H groups in total. The number of anilines is 1. The lowest BCUT2D eigenvalue weighted by Gasteiger charge is -2.12. The molecule has 2 aromatic rings. The summed E-state index contributed by atoms with van der Waals surface area (Å²) in [5, 5.41) is 2.03. The van der Waals surface area contributed by atoms with Gasteiger partial charge in [-0.15, -0.1) is 0 Å². The molecule has 0 radical (unpaired) electrons. The van der Waals surface area contributed by atoms with Crippen molar-refractivity contribution in [3.8, 4) is 0 Å². The van der Waals surface area contributed by atoms with E-state index >= 15 is 0 Å². The molecule has 0 bridgehead atoms. The Hall–Kier alpha value is -1.79. The lowest BCUT2D eigenvalue weighted by atomic mass is 10.0. The van der Waals surface area contributed by atoms with Crippen LogP contribution in [0.25, 0.3) is 0 Å². The average Bonchev–Trinajstić information content (AvgIpc) is 2.82. The Labute approximate surface area is 155 Å². The summed E-state index contributed by atoms with van der Waals surface area (Å²) in [5.74, 6) is -2.81. The number of amides is 1. The number of benzene rings is 2. The van der Waals surface area contributed by atoms with E-state index in [1.807, 2.05) is 0 Å². The summed E-state index contributed by atoms with van der Waals surface area (Å²) in [4.78, 5) is 36.3. The first-order valence-corrected chi connectivity index (χ1v) is 7.87. The number of hydrogen-bond donors (Lipinski definition) is 1. The standard InChI is InChI=1S/C15H5Cl4NO4/c16-5-3-1-2-4-6(5)20-13(21)8-7-9(15(23)24-14(7)22)11(18)12(19)10(8)17/h1-4H,(H,20,21). The minimum Gasteiger partial charge on any atom is -0.386 e. The largest absolute Gasteiger partial charge is 0.386 e. The maximum atomic E-state index is 12.6. The van der Waals surface area contributed by atoms with Gasteiger partial charge in [0.2, 0.25) is 0 Å². The first kappa shape index (κ1) is 17.0. The molecule has 122 valence electrons. The van der Waals surface area contributed by atoms with Crippen molar-refractivity contribution in [1.29, 1.82) is 0 Å². The van der Waals surface area contributed by atoms with E-state index in [0.29, 0.717) is 0 Å². The second-order valence-electron chi connectivity index (χ2n) is 4.68. The molecule has 5 nitrogen and oxygen atoms in total. The maximum Gasteiger partial charge on any atom is 0.348 e. The van der Waals surface area contributed by atoms with Gasteiger partial charge >= 0.3 is 11.9 Å². The van der Waals surface area contributed by atoms with E-state index in [1.165, 1.54) is 0 Å². The minimum atomic E-state index is -1.03. The van der Waals surface area contributed by atoms with Crippen LogP contribution in [0.4, 0.5) is 5.69 Å². The molecule has 2 aromatic carbocycles. The fourth-order valence-electron chi connectivity index (χ4n) is 2.20. The van der Waals surface area contributed by atoms with Crippen LogP contribution in [0.5, 0.6) is 0 Å². The van der Waals surface area contributed by atoms with E-state index in [0.717, 1.165) is 0 Å². The van der Waals surface area contributed by atoms with Crippen molar-refractivity contribution in [3.05, 3.63) is 61.0 Å². The van der Waals surface area contributed by atoms with Gasteiger partial charge in [0, 0.05) is 0 Å². The molecule has 3 rings (SSSR count). The molecule has 0 atom stereocenters. The summed E-state index contributed by atoms with van der Waals surface area (Å²) < 4.78 is 4.50. The molecule has 0 spiro atoms. The van der Waals surface area contributed by atoms with Gasteiger partial charge in [-0.1, -0.05) is 58.5 Å². The second-order valence-corrected chi connectivity index (χ2v) is 6.22. The fraction of sp³-hybridized carbons (Fsp3) is 0. The van der Waals surface area contributed by atoms with E-state index in [1.54, 1.807) is 24.3 Å². The van der Waals surface area contributed by atoms with Crippen molar-refractivity contribution in [1.82, 2.24) is 0 Å². The van der Waals surface area contributed by atoms with Crippen molar-refractivity contribution in [2.24, 2.45) is 0 Å². The van der Waals surface area contributed by atoms with E-state index in [2.05, 4.69) is 10.1 Å². The van der Waals surface area contributed by atoms with Crippen LogP contribution in [-0.2, 0) is 4.74 Å². The summed E-state index contributed by atoms with van der Waals surface area (Å²) in [6, 6.07) is 6.45. The first-order chi connectivity index (χ1) is 11.3. The summed E-state index contributed by atoms with van der Waals surface area (Å²) in [5.41, 5.74) is -0.640. The van der Waals surface area contributed by atoms with Crippen LogP contribution in [0.1, 0.15) is 31.1 Å². The Morgan fingerprint density at radius 3 is 2.17 bits per heavy atom. The predicted molar refractivity (Wildman–Crippen MR) is 90.6 cm³/mol. The third-order valence-corrected chi connectivity index (χ3v) is 4.92. The van der Waals surface area contributed by atoms with Crippen molar-refractivity contribution >= 4 is 69.9 Å². The van der Waals surface area contributed by atoms with Crippen LogP contribution in [0.15, 0.2) is 24.3 Å². The predicted octanol–water partition coefficient (Wildman–Crippen LogP) is 4.86. The van der Waals surface area contributed by atoms with Gasteiger partial charge < -0.3 is 10.1 Å². The maximum absolute atomic E-state index is 12.6. The highest BCUT2D eigenvalue weighted by Crippen LogP contribution is 2.42. The molecule has 9 heteroatoms. The molecule has 1 amide bonds. The molecule has 1 aliphatic heterocycles. The Morgan fingerprint density at radius 1 is 0.875 bits per heavy atom. The van der Waals surface area contributed by atoms with E-state index < -0.39 is 17.8 Å². The number of rotatable bonds is 2. The van der Waals surface area contributed by atoms with E-state index in [9.17, 15) is 14.4 Å². The van der Waals surface area contributed by atoms with Crippen molar-refractivity contribution < 1.29 is 19.1 Å². The lowest BCUT2D eigenvalue weighted by Crippen LogP contribution is -2.17. The third kappa shape index (κ3) is 2.63. The summed E-state index contributed by atoms with van der Waals surface area (Å²) in [6.45, 7) is 0. The number of carbonyl (C=O) groups is 3. The number of para-hydroxylation sites is 1. The lowest BCUT2D eigenvalue weighted by molar-refractivity contribution is 0.0442. The molecule has 0 aliphatic carbocycles. The SMILES string of the molecule is O=C(Nc1ccccc1Cl)c1c(Cl)c(Cl)c(Cl)c2c1C(=O)OC2=O. The Balaban J connectivity index is 2.17. The highest BCUT2D eigenvalue weighted by molar-refractivity contribution is 6.52. The number of hydrogen-bond acceptors (Lipinski definition) is 4. The van der Waals surface area contributed by atoms with Gasteiger partial charge in [-0.3, -0.25) is 4.79 Å². The highest BCUT2D eigenvalue weighted by Gasteiger charge is 2.40. The monoisotopic (exact) mass is 403 g/mol. The molecule has 0 unspecified atom stereocenters. The number of ether oxygens (including phenoxy) is 1. The molecule has 0 aromatic heterocycles. The molecule has 0 fully saturated rings. The number of fused-ring (bicyclic) bond motifs is 1. The molecule has 24 heavy (non-hydrogen) atoms. The molecule has 1 heterocycles. The molecule has 1 aliphatic rings. The Morgan fingerprint density at radius 2 is 1.50 bits per heavy atom. The van der Waals surface area contributed by atoms with Gasteiger partial charge in [-0.25, -0.2) is 9.59 Å². The Kier molecular flexibility index (Phi) is 4.44. The number of cyclic esters (lactones) is 2. The number of nitrogens with one attached hydrogen (secondary N) is 1. The number of esters is 2. The van der Waals surface area contributed by atoms with Crippen LogP contribution in [0, 0.1) is 0 Å². The first-order valence-electron chi connectivity index (χ1n) is 6.35. The zero-order valence-electron chi connectivity index (χ0n) is 11.5. The van der Waals surface area contributed by atoms with E-state index in [-0.39, 0.29) is 42.5 Å². The normalized spacial score (nSPS) is 12.8. The fourth-order valence-corrected chi connectivity index (χ4v) is 3.16. The quantitative estimate of drug-likeness (QED) is 0.440. The van der Waals surface area contributed by atoms with Crippen molar-refractivity contribution in [2.75, 3.05) is 5.32 Å². The topological polar surface area (TPSA) is 72.5 Å². The molecular formula is C15H5Cl4NO4. The Bertz CT molecular complexity index is 926. The zero-order chi connectivity index (χ0) is 17.6. The number of carbonyl (C=O) groups excluding carboxylic acids is 3. The van der Waals surface area contributed by atoms with Gasteiger partial charge in [0.15, 0.2) is 0 Å². The van der Waals surface area contributed by atoms with Crippen molar-refractivity contribution in [2.45, 2.75) is 0 Å². The highest BCUT2D eigenvalue weighted by atomic mass is 35.5. The van der Waals surface area contributed by atoms with Crippen LogP contribution < -0.4 is 5.32 Å². The summed E-state index contributed by atoms with van der Waals surface area (Å²) in [7, 11) is 0. The molecule has 0 saturated carbocycles. The zero-order valence-corrected chi connectivity index (χ0v) is 14.5. The van der Waals surface area contributed by atoms with Gasteiger partial charge in [-0.05, 0) is 12.1 Å². The van der Waals surface area contributed by atoms with Gasteiger partial charge in [0.05, 0.1) is 42.5 Å². The van der Waals surface area contributed by atoms with E-state index in [4.69, 9.17) is 46.4 Å². The van der Waals surface area contributed by atoms with Gasteiger partial charge in [-0.2, -0.15) is 0 Å². The smallest absolute Gasteiger partial charge is 0.348 e. The third-order valence-electron chi connectivity index (χ3n) is 3.27. The summed E-state index contributed by atoms with van der Waals surface area (Å²) >= 11 is 24.0. The van der Waals surface area contributed by atoms with Gasteiger partial charge in [0.1, 0.15) is 0 Å². The number of halogens is 4. The van der Waals surface area contributed by atoms with Crippen LogP contribution in [-0.4, -0.2) is 17.8 Å². The summed E-state index contributed by atoms with van der Waals surface area (Å²) in [6.07, 6.45) is 0. The molecule has 0 saturated heterocycles. The minimum absolute atomic E-state index is 0.229. The van der Waals surface area contributed by atoms with Gasteiger partial charge in [0.25, 0.3) is 5.91 Å². The van der Waals surface area contributed by atoms with Crippen LogP contribution in [0.3, 0.4) is 0 Å². The van der Waals surface area contributed by atoms with Crippen LogP contribution in [0.2, 0.25) is 20.1 Å². The van der Waals surface area contributed by atoms with Crippen molar-refractivity contribution in [3.63, 3.8) is 0 Å².